The first-order valence-corrected chi connectivity index (χ1v) is 32.5. The SMILES string of the molecule is CCCCCCCCCCCCCC(=O)OC[C@H]1O[C@@H](n2ccc(NC(c3ccccc3)(c3ccc(OC)cc3)c3ccc(OC)cc3)nc2=O)[C@@H](OC(=O)CCCCCCCCCCCCC)[C@@H]1O[Si](C)(C)C(C)(C)C. The van der Waals surface area contributed by atoms with Gasteiger partial charge in [0.25, 0.3) is 0 Å². The summed E-state index contributed by atoms with van der Waals surface area (Å²) in [7, 11) is 0.674. The monoisotopic (exact) mass is 1080 g/mol. The second-order valence-corrected chi connectivity index (χ2v) is 27.6. The summed E-state index contributed by atoms with van der Waals surface area (Å²) in [4.78, 5) is 46.9. The normalized spacial score (nSPS) is 16.8. The number of rotatable bonds is 37. The molecule has 3 aromatic carbocycles. The molecule has 426 valence electrons. The number of nitrogens with one attached hydrogen (secondary N) is 1. The highest BCUT2D eigenvalue weighted by Crippen LogP contribution is 2.44. The highest BCUT2D eigenvalue weighted by molar-refractivity contribution is 6.74. The number of esters is 2. The topological polar surface area (TPSA) is 136 Å². The molecule has 0 saturated carbocycles. The lowest BCUT2D eigenvalue weighted by Gasteiger charge is -2.40. The summed E-state index contributed by atoms with van der Waals surface area (Å²) >= 11 is 0. The maximum Gasteiger partial charge on any atom is 0.351 e. The summed E-state index contributed by atoms with van der Waals surface area (Å²) in [6, 6.07) is 27.4. The summed E-state index contributed by atoms with van der Waals surface area (Å²) in [5.74, 6) is 0.999. The minimum Gasteiger partial charge on any atom is -0.497 e. The third kappa shape index (κ3) is 19.4. The van der Waals surface area contributed by atoms with Crippen molar-refractivity contribution in [2.24, 2.45) is 0 Å². The second-order valence-electron chi connectivity index (χ2n) is 22.8. The molecule has 1 aliphatic rings. The average Bonchev–Trinajstić information content (AvgIpc) is 3.79. The van der Waals surface area contributed by atoms with Gasteiger partial charge >= 0.3 is 17.6 Å². The van der Waals surface area contributed by atoms with Crippen LogP contribution >= 0.6 is 0 Å². The summed E-state index contributed by atoms with van der Waals surface area (Å²) in [6.45, 7) is 15.1. The predicted molar refractivity (Wildman–Crippen MR) is 313 cm³/mol. The number of unbranched alkanes of at least 4 members (excludes halogenated alkanes) is 20. The van der Waals surface area contributed by atoms with Crippen molar-refractivity contribution in [3.05, 3.63) is 118 Å². The maximum absolute atomic E-state index is 14.8. The van der Waals surface area contributed by atoms with Crippen LogP contribution in [0.5, 0.6) is 11.5 Å². The molecule has 4 atom stereocenters. The van der Waals surface area contributed by atoms with Crippen LogP contribution in [-0.2, 0) is 33.8 Å². The first-order chi connectivity index (χ1) is 37.2. The quantitative estimate of drug-likeness (QED) is 0.0200. The minimum absolute atomic E-state index is 0.121. The Morgan fingerprint density at radius 3 is 1.48 bits per heavy atom. The van der Waals surface area contributed by atoms with Crippen LogP contribution in [0.1, 0.15) is 212 Å². The van der Waals surface area contributed by atoms with Gasteiger partial charge in [0.2, 0.25) is 0 Å². The molecule has 0 amide bonds. The third-order valence-electron chi connectivity index (χ3n) is 15.8. The highest BCUT2D eigenvalue weighted by atomic mass is 28.4. The molecule has 1 fully saturated rings. The Labute approximate surface area is 464 Å². The molecule has 1 saturated heterocycles. The van der Waals surface area contributed by atoms with E-state index in [4.69, 9.17) is 33.1 Å². The van der Waals surface area contributed by atoms with Gasteiger partial charge in [-0.1, -0.05) is 218 Å². The Morgan fingerprint density at radius 1 is 0.597 bits per heavy atom. The number of hydrogen-bond acceptors (Lipinski definition) is 11. The second kappa shape index (κ2) is 32.8. The van der Waals surface area contributed by atoms with Crippen molar-refractivity contribution in [2.75, 3.05) is 26.1 Å². The number of aromatic nitrogens is 2. The van der Waals surface area contributed by atoms with Crippen molar-refractivity contribution < 1.29 is 37.7 Å². The Morgan fingerprint density at radius 2 is 1.04 bits per heavy atom. The fourth-order valence-corrected chi connectivity index (χ4v) is 11.5. The summed E-state index contributed by atoms with van der Waals surface area (Å²) in [5, 5.41) is 3.48. The summed E-state index contributed by atoms with van der Waals surface area (Å²) < 4.78 is 38.9. The van der Waals surface area contributed by atoms with E-state index < -0.39 is 44.1 Å². The molecule has 0 spiro atoms. The van der Waals surface area contributed by atoms with E-state index in [0.29, 0.717) is 30.2 Å². The number of carbonyl (C=O) groups excluding carboxylic acids is 2. The van der Waals surface area contributed by atoms with E-state index in [1.54, 1.807) is 26.5 Å². The molecule has 0 aliphatic carbocycles. The minimum atomic E-state index is -2.60. The zero-order valence-electron chi connectivity index (χ0n) is 48.7. The number of benzene rings is 3. The number of hydrogen-bond donors (Lipinski definition) is 1. The zero-order chi connectivity index (χ0) is 55.5. The summed E-state index contributed by atoms with van der Waals surface area (Å²) in [5.41, 5.74) is 0.966. The molecule has 5 rings (SSSR count). The van der Waals surface area contributed by atoms with Crippen molar-refractivity contribution in [1.82, 2.24) is 9.55 Å². The smallest absolute Gasteiger partial charge is 0.351 e. The molecule has 0 radical (unpaired) electrons. The van der Waals surface area contributed by atoms with Gasteiger partial charge < -0.3 is 33.4 Å². The van der Waals surface area contributed by atoms with E-state index in [0.717, 1.165) is 55.2 Å². The van der Waals surface area contributed by atoms with Gasteiger partial charge in [0.1, 0.15) is 41.7 Å². The van der Waals surface area contributed by atoms with Crippen LogP contribution in [0.2, 0.25) is 18.1 Å². The van der Waals surface area contributed by atoms with Gasteiger partial charge in [-0.2, -0.15) is 4.98 Å². The molecule has 2 heterocycles. The van der Waals surface area contributed by atoms with E-state index in [1.807, 2.05) is 78.9 Å². The predicted octanol–water partition coefficient (Wildman–Crippen LogP) is 15.8. The van der Waals surface area contributed by atoms with Gasteiger partial charge in [-0.05, 0) is 78.0 Å². The lowest BCUT2D eigenvalue weighted by Crippen LogP contribution is -2.51. The molecule has 0 unspecified atom stereocenters. The van der Waals surface area contributed by atoms with E-state index in [-0.39, 0.29) is 30.0 Å². The van der Waals surface area contributed by atoms with Gasteiger partial charge in [-0.3, -0.25) is 14.2 Å². The van der Waals surface area contributed by atoms with Crippen LogP contribution in [0.25, 0.3) is 0 Å². The first-order valence-electron chi connectivity index (χ1n) is 29.6. The van der Waals surface area contributed by atoms with E-state index >= 15 is 0 Å². The lowest BCUT2D eigenvalue weighted by atomic mass is 9.77. The standard InChI is InChI=1S/C64H97N3O9Si/c1-10-12-14-16-18-20-22-24-26-28-33-37-57(68)73-49-55-59(76-77(8,9)63(3,4)5)60(75-58(69)38-34-29-27-25-23-21-19-17-15-13-11-2)61(74-55)67-48-47-56(65-62(67)70)66-64(50-35-31-30-32-36-50,51-39-43-53(71-6)44-40-51)52-41-45-54(72-7)46-42-52/h30-32,35-36,39-48,55,59-61H,10-29,33-34,37-38,49H2,1-9H3,(H,65,66,70)/t55-,59-,60+,61-/m1/s1. The fraction of sp³-hybridized carbons (Fsp3) is 0.625. The fourth-order valence-electron chi connectivity index (χ4n) is 10.1. The van der Waals surface area contributed by atoms with Crippen molar-refractivity contribution in [1.29, 1.82) is 0 Å². The molecule has 0 bridgehead atoms. The largest absolute Gasteiger partial charge is 0.497 e. The van der Waals surface area contributed by atoms with Crippen LogP contribution in [-0.4, -0.2) is 68.9 Å². The van der Waals surface area contributed by atoms with Crippen LogP contribution in [0.4, 0.5) is 5.82 Å². The highest BCUT2D eigenvalue weighted by Gasteiger charge is 2.53. The number of nitrogens with zero attached hydrogens (tertiary/aromatic N) is 2. The molecule has 12 nitrogen and oxygen atoms in total. The van der Waals surface area contributed by atoms with Crippen LogP contribution in [0.3, 0.4) is 0 Å². The number of carbonyl (C=O) groups is 2. The van der Waals surface area contributed by atoms with Gasteiger partial charge in [-0.15, -0.1) is 0 Å². The molecule has 1 N–H and O–H groups in total. The van der Waals surface area contributed by atoms with Crippen molar-refractivity contribution in [3.63, 3.8) is 0 Å². The van der Waals surface area contributed by atoms with Crippen molar-refractivity contribution >= 4 is 26.1 Å². The molecule has 77 heavy (non-hydrogen) atoms. The number of ether oxygens (including phenoxy) is 5. The molecule has 13 heteroatoms. The molecular weight excluding hydrogens is 983 g/mol. The van der Waals surface area contributed by atoms with Gasteiger partial charge in [0.05, 0.1) is 14.2 Å². The van der Waals surface area contributed by atoms with E-state index in [2.05, 4.69) is 53.0 Å². The maximum atomic E-state index is 14.8. The molecule has 4 aromatic rings. The zero-order valence-corrected chi connectivity index (χ0v) is 49.7. The Bertz CT molecular complexity index is 2300. The third-order valence-corrected chi connectivity index (χ3v) is 20.3. The Balaban J connectivity index is 1.41. The molecule has 1 aliphatic heterocycles. The van der Waals surface area contributed by atoms with Gasteiger partial charge in [0, 0.05) is 19.0 Å². The van der Waals surface area contributed by atoms with Crippen LogP contribution in [0.15, 0.2) is 95.9 Å². The first kappa shape index (κ1) is 62.9. The summed E-state index contributed by atoms with van der Waals surface area (Å²) in [6.07, 6.45) is 24.1. The molecular formula is C64H97N3O9Si. The Hall–Kier alpha value is -4.98. The molecule has 1 aromatic heterocycles. The number of anilines is 1. The van der Waals surface area contributed by atoms with Crippen molar-refractivity contribution in [3.8, 4) is 11.5 Å². The van der Waals surface area contributed by atoms with Crippen molar-refractivity contribution in [2.45, 2.75) is 237 Å². The van der Waals surface area contributed by atoms with Crippen LogP contribution < -0.4 is 20.5 Å². The Kier molecular flexibility index (Phi) is 26.8. The van der Waals surface area contributed by atoms with Crippen LogP contribution in [0, 0.1) is 0 Å². The van der Waals surface area contributed by atoms with E-state index in [1.165, 1.54) is 101 Å². The lowest BCUT2D eigenvalue weighted by molar-refractivity contribution is -0.158. The van der Waals surface area contributed by atoms with E-state index in [9.17, 15) is 14.4 Å². The van der Waals surface area contributed by atoms with Gasteiger partial charge in [-0.25, -0.2) is 4.79 Å². The van der Waals surface area contributed by atoms with Gasteiger partial charge in [0.15, 0.2) is 20.6 Å². The number of methoxy groups -OCH3 is 2. The average molecular weight is 1080 g/mol.